The minimum absolute atomic E-state index is 0.103. The van der Waals surface area contributed by atoms with Gasteiger partial charge in [-0.05, 0) is 57.5 Å². The van der Waals surface area contributed by atoms with Crippen molar-refractivity contribution in [3.63, 3.8) is 0 Å². The third kappa shape index (κ3) is 3.62. The molecule has 27 heavy (non-hydrogen) atoms. The molecule has 1 N–H and O–H groups in total. The lowest BCUT2D eigenvalue weighted by Gasteiger charge is -2.18. The van der Waals surface area contributed by atoms with Crippen molar-refractivity contribution in [2.24, 2.45) is 0 Å². The number of nitrogens with one attached hydrogen (secondary N) is 1. The number of carbonyl (C=O) groups excluding carboxylic acids is 2. The van der Waals surface area contributed by atoms with E-state index in [4.69, 9.17) is 4.42 Å². The molecule has 0 bridgehead atoms. The SMILES string of the molecule is CC(CCc1ccco1)NC(=O)c1ccc2c(c1)S(=O)(=O)N(C(C)C)C2=O. The fourth-order valence-corrected chi connectivity index (χ4v) is 4.89. The van der Waals surface area contributed by atoms with Gasteiger partial charge in [-0.15, -0.1) is 0 Å². The molecular formula is C19H22N2O5S. The summed E-state index contributed by atoms with van der Waals surface area (Å²) in [6.07, 6.45) is 2.97. The highest BCUT2D eigenvalue weighted by Crippen LogP contribution is 2.32. The molecule has 7 nitrogen and oxygen atoms in total. The number of sulfonamides is 1. The lowest BCUT2D eigenvalue weighted by Crippen LogP contribution is -2.36. The molecule has 0 fully saturated rings. The van der Waals surface area contributed by atoms with Gasteiger partial charge in [0.05, 0.1) is 11.8 Å². The Balaban J connectivity index is 1.75. The Morgan fingerprint density at radius 1 is 1.22 bits per heavy atom. The van der Waals surface area contributed by atoms with E-state index in [2.05, 4.69) is 5.32 Å². The third-order valence-electron chi connectivity index (χ3n) is 4.46. The van der Waals surface area contributed by atoms with Crippen molar-refractivity contribution in [3.8, 4) is 0 Å². The van der Waals surface area contributed by atoms with Crippen LogP contribution < -0.4 is 5.32 Å². The molecule has 144 valence electrons. The Kier molecular flexibility index (Phi) is 5.10. The molecule has 0 aliphatic carbocycles. The number of furan rings is 1. The van der Waals surface area contributed by atoms with Crippen LogP contribution in [0.4, 0.5) is 0 Å². The fourth-order valence-electron chi connectivity index (χ4n) is 3.09. The number of fused-ring (bicyclic) bond motifs is 1. The van der Waals surface area contributed by atoms with Gasteiger partial charge in [0.15, 0.2) is 0 Å². The second-order valence-electron chi connectivity index (χ2n) is 6.90. The zero-order valence-electron chi connectivity index (χ0n) is 15.4. The molecule has 2 aromatic rings. The summed E-state index contributed by atoms with van der Waals surface area (Å²) in [6, 6.07) is 7.22. The first-order valence-corrected chi connectivity index (χ1v) is 10.2. The molecular weight excluding hydrogens is 368 g/mol. The van der Waals surface area contributed by atoms with Crippen molar-refractivity contribution >= 4 is 21.8 Å². The summed E-state index contributed by atoms with van der Waals surface area (Å²) in [4.78, 5) is 24.7. The molecule has 1 aromatic heterocycles. The number of aryl methyl sites for hydroxylation is 1. The normalized spacial score (nSPS) is 16.4. The van der Waals surface area contributed by atoms with Gasteiger partial charge in [-0.25, -0.2) is 12.7 Å². The highest BCUT2D eigenvalue weighted by molar-refractivity contribution is 7.90. The van der Waals surface area contributed by atoms with Crippen LogP contribution in [0.25, 0.3) is 0 Å². The van der Waals surface area contributed by atoms with Crippen molar-refractivity contribution in [3.05, 3.63) is 53.5 Å². The molecule has 3 rings (SSSR count). The number of nitrogens with zero attached hydrogens (tertiary/aromatic N) is 1. The molecule has 8 heteroatoms. The van der Waals surface area contributed by atoms with Gasteiger partial charge in [0.2, 0.25) is 0 Å². The maximum absolute atomic E-state index is 12.6. The van der Waals surface area contributed by atoms with E-state index < -0.39 is 22.0 Å². The van der Waals surface area contributed by atoms with Gasteiger partial charge in [-0.1, -0.05) is 0 Å². The largest absolute Gasteiger partial charge is 0.469 e. The van der Waals surface area contributed by atoms with Crippen LogP contribution >= 0.6 is 0 Å². The summed E-state index contributed by atoms with van der Waals surface area (Å²) in [6.45, 7) is 5.14. The van der Waals surface area contributed by atoms with Gasteiger partial charge in [-0.3, -0.25) is 9.59 Å². The Morgan fingerprint density at radius 2 is 1.96 bits per heavy atom. The van der Waals surface area contributed by atoms with Crippen LogP contribution in [0.3, 0.4) is 0 Å². The lowest BCUT2D eigenvalue weighted by atomic mass is 10.1. The van der Waals surface area contributed by atoms with E-state index in [-0.39, 0.29) is 28.0 Å². The van der Waals surface area contributed by atoms with E-state index >= 15 is 0 Å². The van der Waals surface area contributed by atoms with Crippen LogP contribution in [0.5, 0.6) is 0 Å². The monoisotopic (exact) mass is 390 g/mol. The van der Waals surface area contributed by atoms with Gasteiger partial charge >= 0.3 is 0 Å². The second-order valence-corrected chi connectivity index (χ2v) is 8.69. The molecule has 0 spiro atoms. The molecule has 1 atom stereocenters. The van der Waals surface area contributed by atoms with Gasteiger partial charge in [0.1, 0.15) is 10.7 Å². The third-order valence-corrected chi connectivity index (χ3v) is 6.46. The topological polar surface area (TPSA) is 96.7 Å². The van der Waals surface area contributed by atoms with Crippen LogP contribution in [-0.2, 0) is 16.4 Å². The summed E-state index contributed by atoms with van der Waals surface area (Å²) < 4.78 is 31.4. The summed E-state index contributed by atoms with van der Waals surface area (Å²) in [5.74, 6) is -0.0961. The van der Waals surface area contributed by atoms with Crippen LogP contribution in [0.15, 0.2) is 45.9 Å². The van der Waals surface area contributed by atoms with E-state index in [9.17, 15) is 18.0 Å². The van der Waals surface area contributed by atoms with Crippen molar-refractivity contribution in [2.75, 3.05) is 0 Å². The van der Waals surface area contributed by atoms with Crippen molar-refractivity contribution in [1.82, 2.24) is 9.62 Å². The summed E-state index contributed by atoms with van der Waals surface area (Å²) in [5.41, 5.74) is 0.312. The number of hydrogen-bond acceptors (Lipinski definition) is 5. The second kappa shape index (κ2) is 7.19. The number of benzene rings is 1. The zero-order valence-corrected chi connectivity index (χ0v) is 16.2. The highest BCUT2D eigenvalue weighted by atomic mass is 32.2. The average molecular weight is 390 g/mol. The first kappa shape index (κ1) is 19.2. The first-order chi connectivity index (χ1) is 12.7. The number of carbonyl (C=O) groups is 2. The van der Waals surface area contributed by atoms with Crippen LogP contribution in [0.2, 0.25) is 0 Å². The van der Waals surface area contributed by atoms with E-state index in [0.29, 0.717) is 12.8 Å². The van der Waals surface area contributed by atoms with Crippen LogP contribution in [0.1, 0.15) is 53.7 Å². The van der Waals surface area contributed by atoms with Crippen LogP contribution in [-0.4, -0.2) is 36.6 Å². The average Bonchev–Trinajstić information content (AvgIpc) is 3.18. The number of rotatable bonds is 6. The minimum Gasteiger partial charge on any atom is -0.469 e. The van der Waals surface area contributed by atoms with E-state index in [1.54, 1.807) is 20.1 Å². The number of amides is 2. The highest BCUT2D eigenvalue weighted by Gasteiger charge is 2.42. The molecule has 1 aliphatic heterocycles. The minimum atomic E-state index is -3.93. The quantitative estimate of drug-likeness (QED) is 0.818. The summed E-state index contributed by atoms with van der Waals surface area (Å²) in [7, 11) is -3.93. The molecule has 2 amide bonds. The molecule has 0 saturated carbocycles. The van der Waals surface area contributed by atoms with E-state index in [1.807, 2.05) is 19.1 Å². The van der Waals surface area contributed by atoms with Crippen molar-refractivity contribution in [2.45, 2.75) is 50.6 Å². The Hall–Kier alpha value is -2.61. The van der Waals surface area contributed by atoms with Gasteiger partial charge in [0, 0.05) is 24.1 Å². The zero-order chi connectivity index (χ0) is 19.8. The maximum atomic E-state index is 12.6. The smallest absolute Gasteiger partial charge is 0.269 e. The predicted octanol–water partition coefficient (Wildman–Crippen LogP) is 2.58. The summed E-state index contributed by atoms with van der Waals surface area (Å²) >= 11 is 0. The van der Waals surface area contributed by atoms with Crippen molar-refractivity contribution < 1.29 is 22.4 Å². The Bertz CT molecular complexity index is 964. The molecule has 2 heterocycles. The molecule has 0 radical (unpaired) electrons. The molecule has 0 saturated heterocycles. The predicted molar refractivity (Wildman–Crippen MR) is 98.9 cm³/mol. The van der Waals surface area contributed by atoms with Gasteiger partial charge in [0.25, 0.3) is 21.8 Å². The molecule has 1 unspecified atom stereocenters. The van der Waals surface area contributed by atoms with Gasteiger partial charge in [-0.2, -0.15) is 0 Å². The van der Waals surface area contributed by atoms with E-state index in [1.165, 1.54) is 18.2 Å². The fraction of sp³-hybridized carbons (Fsp3) is 0.368. The lowest BCUT2D eigenvalue weighted by molar-refractivity contribution is 0.0845. The molecule has 1 aromatic carbocycles. The van der Waals surface area contributed by atoms with Gasteiger partial charge < -0.3 is 9.73 Å². The van der Waals surface area contributed by atoms with Crippen molar-refractivity contribution in [1.29, 1.82) is 0 Å². The number of hydrogen-bond donors (Lipinski definition) is 1. The van der Waals surface area contributed by atoms with E-state index in [0.717, 1.165) is 10.1 Å². The Morgan fingerprint density at radius 3 is 2.59 bits per heavy atom. The van der Waals surface area contributed by atoms with Crippen LogP contribution in [0, 0.1) is 0 Å². The maximum Gasteiger partial charge on any atom is 0.269 e. The standard InChI is InChI=1S/C19H22N2O5S/c1-12(2)21-19(23)16-9-7-14(11-17(16)27(21,24)25)18(22)20-13(3)6-8-15-5-4-10-26-15/h4-5,7,9-13H,6,8H2,1-3H3,(H,20,22). The summed E-state index contributed by atoms with van der Waals surface area (Å²) in [5, 5.41) is 2.85. The Labute approximate surface area is 158 Å². The molecule has 1 aliphatic rings. The first-order valence-electron chi connectivity index (χ1n) is 8.78.